The molecule has 4 nitrogen and oxygen atoms in total. The van der Waals surface area contributed by atoms with E-state index in [4.69, 9.17) is 17.3 Å². The molecule has 1 aromatic rings. The van der Waals surface area contributed by atoms with Crippen molar-refractivity contribution in [2.45, 2.75) is 11.3 Å². The summed E-state index contributed by atoms with van der Waals surface area (Å²) in [6.45, 7) is -0.870. The number of benzene rings is 1. The van der Waals surface area contributed by atoms with Crippen LogP contribution in [-0.2, 0) is 10.0 Å². The molecule has 1 aromatic carbocycles. The molecule has 17 heavy (non-hydrogen) atoms. The zero-order valence-electron chi connectivity index (χ0n) is 8.90. The number of rotatable bonds is 4. The lowest BCUT2D eigenvalue weighted by molar-refractivity contribution is 0.126. The van der Waals surface area contributed by atoms with Gasteiger partial charge in [0.2, 0.25) is 10.0 Å². The minimum Gasteiger partial charge on any atom is -0.397 e. The molecule has 1 rings (SSSR count). The van der Waals surface area contributed by atoms with E-state index in [1.165, 1.54) is 12.1 Å². The maximum Gasteiger partial charge on any atom is 0.252 e. The first-order valence-corrected chi connectivity index (χ1v) is 6.36. The van der Waals surface area contributed by atoms with Gasteiger partial charge in [-0.25, -0.2) is 17.2 Å². The first kappa shape index (κ1) is 14.1. The Labute approximate surface area is 103 Å². The maximum absolute atomic E-state index is 12.1. The number of alkyl halides is 2. The van der Waals surface area contributed by atoms with Crippen LogP contribution in [0, 0.1) is 0 Å². The van der Waals surface area contributed by atoms with Gasteiger partial charge in [0.15, 0.2) is 0 Å². The van der Waals surface area contributed by atoms with Gasteiger partial charge in [-0.15, -0.1) is 0 Å². The van der Waals surface area contributed by atoms with Gasteiger partial charge in [-0.3, -0.25) is 0 Å². The Bertz CT molecular complexity index is 508. The smallest absolute Gasteiger partial charge is 0.252 e. The average molecular weight is 285 g/mol. The van der Waals surface area contributed by atoms with Gasteiger partial charge in [0, 0.05) is 7.05 Å². The van der Waals surface area contributed by atoms with Gasteiger partial charge >= 0.3 is 0 Å². The Balaban J connectivity index is 3.09. The summed E-state index contributed by atoms with van der Waals surface area (Å²) in [6, 6.07) is 3.66. The van der Waals surface area contributed by atoms with Crippen LogP contribution in [0.2, 0.25) is 5.02 Å². The molecule has 0 aliphatic rings. The third-order valence-corrected chi connectivity index (χ3v) is 4.23. The van der Waals surface area contributed by atoms with Crippen LogP contribution in [0.15, 0.2) is 23.1 Å². The fourth-order valence-corrected chi connectivity index (χ4v) is 2.46. The number of anilines is 1. The van der Waals surface area contributed by atoms with Crippen molar-refractivity contribution in [1.82, 2.24) is 4.31 Å². The number of hydrogen-bond acceptors (Lipinski definition) is 3. The standard InChI is InChI=1S/C9H11ClF2N2O2S/c1-14(5-9(11)12)17(15,16)6-2-3-7(10)8(13)4-6/h2-4,9H,5,13H2,1H3. The van der Waals surface area contributed by atoms with E-state index in [0.717, 1.165) is 13.1 Å². The number of halogens is 3. The number of nitrogens with zero attached hydrogens (tertiary/aromatic N) is 1. The summed E-state index contributed by atoms with van der Waals surface area (Å²) in [4.78, 5) is -0.164. The van der Waals surface area contributed by atoms with Crippen LogP contribution >= 0.6 is 11.6 Å². The number of nitrogens with two attached hydrogens (primary N) is 1. The van der Waals surface area contributed by atoms with E-state index in [1.54, 1.807) is 0 Å². The molecule has 0 heterocycles. The monoisotopic (exact) mass is 284 g/mol. The summed E-state index contributed by atoms with van der Waals surface area (Å²) < 4.78 is 48.5. The molecule has 0 bridgehead atoms. The van der Waals surface area contributed by atoms with Crippen molar-refractivity contribution < 1.29 is 17.2 Å². The highest BCUT2D eigenvalue weighted by atomic mass is 35.5. The van der Waals surface area contributed by atoms with E-state index in [0.29, 0.717) is 4.31 Å². The number of hydrogen-bond donors (Lipinski definition) is 1. The molecule has 2 N–H and O–H groups in total. The zero-order valence-corrected chi connectivity index (χ0v) is 10.5. The van der Waals surface area contributed by atoms with E-state index in [-0.39, 0.29) is 15.6 Å². The molecule has 0 saturated heterocycles. The molecule has 0 fully saturated rings. The molecule has 0 aliphatic heterocycles. The fraction of sp³-hybridized carbons (Fsp3) is 0.333. The highest BCUT2D eigenvalue weighted by Gasteiger charge is 2.23. The summed E-state index contributed by atoms with van der Waals surface area (Å²) in [7, 11) is -2.88. The molecule has 0 unspecified atom stereocenters. The molecule has 0 saturated carbocycles. The van der Waals surface area contributed by atoms with Crippen LogP contribution in [0.4, 0.5) is 14.5 Å². The van der Waals surface area contributed by atoms with E-state index in [9.17, 15) is 17.2 Å². The van der Waals surface area contributed by atoms with Gasteiger partial charge in [0.25, 0.3) is 6.43 Å². The zero-order chi connectivity index (χ0) is 13.2. The summed E-state index contributed by atoms with van der Waals surface area (Å²) in [5, 5.41) is 0.209. The van der Waals surface area contributed by atoms with E-state index >= 15 is 0 Å². The lowest BCUT2D eigenvalue weighted by Gasteiger charge is -2.16. The van der Waals surface area contributed by atoms with Crippen molar-refractivity contribution in [3.63, 3.8) is 0 Å². The van der Waals surface area contributed by atoms with Crippen LogP contribution < -0.4 is 5.73 Å². The third-order valence-electron chi connectivity index (χ3n) is 2.07. The van der Waals surface area contributed by atoms with E-state index in [2.05, 4.69) is 0 Å². The molecular formula is C9H11ClF2N2O2S. The minimum atomic E-state index is -3.96. The van der Waals surface area contributed by atoms with Gasteiger partial charge in [-0.1, -0.05) is 11.6 Å². The van der Waals surface area contributed by atoms with Gasteiger partial charge in [-0.2, -0.15) is 4.31 Å². The SMILES string of the molecule is CN(CC(F)F)S(=O)(=O)c1ccc(Cl)c(N)c1. The van der Waals surface area contributed by atoms with Crippen molar-refractivity contribution in [1.29, 1.82) is 0 Å². The molecule has 0 aromatic heterocycles. The van der Waals surface area contributed by atoms with Crippen molar-refractivity contribution in [2.24, 2.45) is 0 Å². The van der Waals surface area contributed by atoms with E-state index < -0.39 is 23.0 Å². The highest BCUT2D eigenvalue weighted by molar-refractivity contribution is 7.89. The average Bonchev–Trinajstić information content (AvgIpc) is 2.20. The molecule has 0 aliphatic carbocycles. The molecular weight excluding hydrogens is 274 g/mol. The summed E-state index contributed by atoms with van der Waals surface area (Å²) in [5.74, 6) is 0. The fourth-order valence-electron chi connectivity index (χ4n) is 1.15. The first-order valence-electron chi connectivity index (χ1n) is 4.54. The summed E-state index contributed by atoms with van der Waals surface area (Å²) in [6.07, 6.45) is -2.74. The minimum absolute atomic E-state index is 0.0817. The molecule has 0 amide bonds. The van der Waals surface area contributed by atoms with Crippen LogP contribution in [0.1, 0.15) is 0 Å². The maximum atomic E-state index is 12.1. The largest absolute Gasteiger partial charge is 0.397 e. The van der Waals surface area contributed by atoms with Gasteiger partial charge < -0.3 is 5.73 Å². The molecule has 0 radical (unpaired) electrons. The Morgan fingerprint density at radius 3 is 2.53 bits per heavy atom. The van der Waals surface area contributed by atoms with Gasteiger partial charge in [-0.05, 0) is 18.2 Å². The summed E-state index contributed by atoms with van der Waals surface area (Å²) in [5.41, 5.74) is 5.54. The topological polar surface area (TPSA) is 63.4 Å². The summed E-state index contributed by atoms with van der Waals surface area (Å²) >= 11 is 5.64. The Kier molecular flexibility index (Phi) is 4.29. The normalized spacial score (nSPS) is 12.4. The lowest BCUT2D eigenvalue weighted by atomic mass is 10.3. The van der Waals surface area contributed by atoms with Crippen molar-refractivity contribution in [3.05, 3.63) is 23.2 Å². The van der Waals surface area contributed by atoms with Crippen LogP contribution in [-0.4, -0.2) is 32.7 Å². The second kappa shape index (κ2) is 5.16. The third kappa shape index (κ3) is 3.27. The van der Waals surface area contributed by atoms with Gasteiger partial charge in [0.1, 0.15) is 0 Å². The second-order valence-electron chi connectivity index (χ2n) is 3.36. The predicted octanol–water partition coefficient (Wildman–Crippen LogP) is 1.81. The Morgan fingerprint density at radius 1 is 1.47 bits per heavy atom. The van der Waals surface area contributed by atoms with Crippen LogP contribution in [0.3, 0.4) is 0 Å². The lowest BCUT2D eigenvalue weighted by Crippen LogP contribution is -2.31. The van der Waals surface area contributed by atoms with Gasteiger partial charge in [0.05, 0.1) is 22.2 Å². The highest BCUT2D eigenvalue weighted by Crippen LogP contribution is 2.24. The Hall–Kier alpha value is -0.920. The second-order valence-corrected chi connectivity index (χ2v) is 5.81. The molecule has 0 atom stereocenters. The van der Waals surface area contributed by atoms with Crippen molar-refractivity contribution >= 4 is 27.3 Å². The molecule has 8 heteroatoms. The van der Waals surface area contributed by atoms with Crippen LogP contribution in [0.5, 0.6) is 0 Å². The van der Waals surface area contributed by atoms with Crippen molar-refractivity contribution in [3.8, 4) is 0 Å². The van der Waals surface area contributed by atoms with Crippen molar-refractivity contribution in [2.75, 3.05) is 19.3 Å². The number of nitrogen functional groups attached to an aromatic ring is 1. The predicted molar refractivity (Wildman–Crippen MR) is 61.7 cm³/mol. The number of sulfonamides is 1. The van der Waals surface area contributed by atoms with E-state index in [1.807, 2.05) is 0 Å². The Morgan fingerprint density at radius 2 is 2.06 bits per heavy atom. The molecule has 0 spiro atoms. The van der Waals surface area contributed by atoms with Crippen LogP contribution in [0.25, 0.3) is 0 Å². The first-order chi connectivity index (χ1) is 7.75. The quantitative estimate of drug-likeness (QED) is 0.858. The molecule has 96 valence electrons.